The molecule has 8 nitrogen and oxygen atoms in total. The Kier molecular flexibility index (Phi) is 2.18. The van der Waals surface area contributed by atoms with E-state index >= 15 is 0 Å². The van der Waals surface area contributed by atoms with Gasteiger partial charge in [0.1, 0.15) is 0 Å². The Hall–Kier alpha value is -3.03. The molecule has 0 fully saturated rings. The second kappa shape index (κ2) is 3.73. The molecule has 2 heterocycles. The molecule has 0 saturated carbocycles. The third-order valence-corrected chi connectivity index (χ3v) is 2.61. The van der Waals surface area contributed by atoms with Crippen molar-refractivity contribution in [2.24, 2.45) is 0 Å². The van der Waals surface area contributed by atoms with E-state index in [1.165, 1.54) is 24.5 Å². The number of carboxylic acids is 1. The van der Waals surface area contributed by atoms with Crippen LogP contribution in [0.25, 0.3) is 11.0 Å². The van der Waals surface area contributed by atoms with Gasteiger partial charge in [0.15, 0.2) is 0 Å². The van der Waals surface area contributed by atoms with Gasteiger partial charge in [-0.05, 0) is 12.1 Å². The topological polar surface area (TPSA) is 114 Å². The van der Waals surface area contributed by atoms with Gasteiger partial charge in [0.05, 0.1) is 22.3 Å². The highest BCUT2D eigenvalue weighted by molar-refractivity contribution is 5.99. The Morgan fingerprint density at radius 1 is 1.11 bits per heavy atom. The molecule has 3 aromatic rings. The summed E-state index contributed by atoms with van der Waals surface area (Å²) in [5.74, 6) is -1.20. The Labute approximate surface area is 104 Å². The maximum Gasteiger partial charge on any atom is 0.340 e. The van der Waals surface area contributed by atoms with Crippen LogP contribution in [-0.2, 0) is 0 Å². The van der Waals surface area contributed by atoms with E-state index in [-0.39, 0.29) is 11.3 Å². The standard InChI is InChI=1S/C11H6N4O4/c16-9-10(17)15(9)14-6-4-8-7(12-1-2-13-8)3-5(6)11(18)19/h1-4,14H,(H,18,19). The number of carbonyl (C=O) groups is 1. The fourth-order valence-electron chi connectivity index (χ4n) is 1.64. The van der Waals surface area contributed by atoms with Crippen molar-refractivity contribution < 1.29 is 9.90 Å². The first-order valence-electron chi connectivity index (χ1n) is 5.21. The normalized spacial score (nSPS) is 10.9. The molecule has 19 heavy (non-hydrogen) atoms. The van der Waals surface area contributed by atoms with Crippen LogP contribution in [0.4, 0.5) is 5.69 Å². The predicted octanol–water partition coefficient (Wildman–Crippen LogP) is -0.399. The zero-order valence-corrected chi connectivity index (χ0v) is 9.32. The number of hydrogen-bond donors (Lipinski definition) is 2. The number of carboxylic acid groups (broad SMARTS) is 1. The molecule has 0 aliphatic heterocycles. The lowest BCUT2D eigenvalue weighted by atomic mass is 10.1. The number of nitrogens with zero attached hydrogens (tertiary/aromatic N) is 3. The lowest BCUT2D eigenvalue weighted by Crippen LogP contribution is -2.12. The van der Waals surface area contributed by atoms with E-state index in [1.807, 2.05) is 0 Å². The van der Waals surface area contributed by atoms with E-state index in [9.17, 15) is 14.4 Å². The Morgan fingerprint density at radius 2 is 1.68 bits per heavy atom. The zero-order chi connectivity index (χ0) is 13.6. The molecule has 1 aromatic carbocycles. The summed E-state index contributed by atoms with van der Waals surface area (Å²) in [5, 5.41) is 9.11. The molecule has 0 bridgehead atoms. The van der Waals surface area contributed by atoms with Crippen LogP contribution in [0, 0.1) is 0 Å². The molecule has 0 radical (unpaired) electrons. The Bertz CT molecular complexity index is 850. The van der Waals surface area contributed by atoms with E-state index in [0.29, 0.717) is 11.0 Å². The maximum atomic E-state index is 11.2. The first-order valence-corrected chi connectivity index (χ1v) is 5.21. The van der Waals surface area contributed by atoms with Gasteiger partial charge in [-0.25, -0.2) is 4.79 Å². The van der Waals surface area contributed by atoms with Crippen LogP contribution in [0.3, 0.4) is 0 Å². The molecule has 8 heteroatoms. The predicted molar refractivity (Wildman–Crippen MR) is 64.9 cm³/mol. The molecule has 0 amide bonds. The highest BCUT2D eigenvalue weighted by Gasteiger charge is 2.20. The first kappa shape index (κ1) is 11.1. The van der Waals surface area contributed by atoms with Gasteiger partial charge in [-0.15, -0.1) is 0 Å². The molecule has 0 aliphatic carbocycles. The van der Waals surface area contributed by atoms with Gasteiger partial charge in [0.2, 0.25) is 0 Å². The van der Waals surface area contributed by atoms with E-state index in [2.05, 4.69) is 15.4 Å². The number of aromatic carboxylic acids is 1. The van der Waals surface area contributed by atoms with Crippen LogP contribution < -0.4 is 16.5 Å². The molecule has 2 aromatic heterocycles. The number of hydrogen-bond acceptors (Lipinski definition) is 6. The molecule has 3 rings (SSSR count). The summed E-state index contributed by atoms with van der Waals surface area (Å²) < 4.78 is 0.726. The zero-order valence-electron chi connectivity index (χ0n) is 9.32. The fraction of sp³-hybridized carbons (Fsp3) is 0. The van der Waals surface area contributed by atoms with E-state index < -0.39 is 17.1 Å². The monoisotopic (exact) mass is 258 g/mol. The molecule has 0 aliphatic rings. The molecule has 94 valence electrons. The molecular formula is C11H6N4O4. The average Bonchev–Trinajstić information content (AvgIpc) is 2.96. The van der Waals surface area contributed by atoms with Gasteiger partial charge < -0.3 is 5.11 Å². The second-order valence-corrected chi connectivity index (χ2v) is 3.81. The SMILES string of the molecule is O=C(O)c1cc2nccnc2cc1Nn1c(=O)c1=O. The van der Waals surface area contributed by atoms with Crippen LogP contribution in [0.15, 0.2) is 34.1 Å². The van der Waals surface area contributed by atoms with Crippen LogP contribution in [-0.4, -0.2) is 25.7 Å². The summed E-state index contributed by atoms with van der Waals surface area (Å²) in [5.41, 5.74) is 1.90. The number of benzene rings is 1. The summed E-state index contributed by atoms with van der Waals surface area (Å²) in [6.45, 7) is 0. The average molecular weight is 258 g/mol. The first-order chi connectivity index (χ1) is 9.08. The fourth-order valence-corrected chi connectivity index (χ4v) is 1.64. The minimum absolute atomic E-state index is 0.0968. The molecule has 0 spiro atoms. The van der Waals surface area contributed by atoms with Gasteiger partial charge >= 0.3 is 17.1 Å². The molecule has 0 unspecified atom stereocenters. The highest BCUT2D eigenvalue weighted by atomic mass is 16.4. The Balaban J connectivity index is 2.18. The van der Waals surface area contributed by atoms with Gasteiger partial charge in [0, 0.05) is 12.4 Å². The van der Waals surface area contributed by atoms with Crippen molar-refractivity contribution >= 4 is 22.7 Å². The number of nitrogens with one attached hydrogen (secondary N) is 1. The van der Waals surface area contributed by atoms with Crippen molar-refractivity contribution in [2.45, 2.75) is 0 Å². The lowest BCUT2D eigenvalue weighted by molar-refractivity contribution is 0.0698. The highest BCUT2D eigenvalue weighted by Crippen LogP contribution is 2.21. The molecular weight excluding hydrogens is 252 g/mol. The van der Waals surface area contributed by atoms with Gasteiger partial charge in [0.25, 0.3) is 0 Å². The Morgan fingerprint density at radius 3 is 2.21 bits per heavy atom. The minimum Gasteiger partial charge on any atom is -0.478 e. The summed E-state index contributed by atoms with van der Waals surface area (Å²) >= 11 is 0. The smallest absolute Gasteiger partial charge is 0.340 e. The summed E-state index contributed by atoms with van der Waals surface area (Å²) in [4.78, 5) is 41.0. The number of aromatic nitrogens is 3. The molecule has 2 N–H and O–H groups in total. The van der Waals surface area contributed by atoms with Crippen LogP contribution >= 0.6 is 0 Å². The van der Waals surface area contributed by atoms with Gasteiger partial charge in [-0.1, -0.05) is 0 Å². The van der Waals surface area contributed by atoms with Crippen molar-refractivity contribution in [1.29, 1.82) is 0 Å². The van der Waals surface area contributed by atoms with E-state index in [1.54, 1.807) is 0 Å². The summed E-state index contributed by atoms with van der Waals surface area (Å²) in [6.07, 6.45) is 2.90. The molecule has 0 saturated heterocycles. The summed E-state index contributed by atoms with van der Waals surface area (Å²) in [7, 11) is 0. The second-order valence-electron chi connectivity index (χ2n) is 3.81. The van der Waals surface area contributed by atoms with Crippen LogP contribution in [0.1, 0.15) is 10.4 Å². The van der Waals surface area contributed by atoms with Crippen LogP contribution in [0.2, 0.25) is 0 Å². The van der Waals surface area contributed by atoms with Crippen molar-refractivity contribution in [2.75, 3.05) is 5.43 Å². The minimum atomic E-state index is -1.20. The lowest BCUT2D eigenvalue weighted by Gasteiger charge is -2.07. The van der Waals surface area contributed by atoms with Crippen LogP contribution in [0.5, 0.6) is 0 Å². The number of anilines is 1. The van der Waals surface area contributed by atoms with Crippen molar-refractivity contribution in [3.05, 3.63) is 50.8 Å². The van der Waals surface area contributed by atoms with Gasteiger partial charge in [-0.2, -0.15) is 4.68 Å². The quantitative estimate of drug-likeness (QED) is 0.614. The number of fused-ring (bicyclic) bond motifs is 1. The number of rotatable bonds is 3. The van der Waals surface area contributed by atoms with Crippen molar-refractivity contribution in [1.82, 2.24) is 14.6 Å². The summed E-state index contributed by atoms with van der Waals surface area (Å²) in [6, 6.07) is 2.75. The van der Waals surface area contributed by atoms with Gasteiger partial charge in [-0.3, -0.25) is 25.0 Å². The van der Waals surface area contributed by atoms with Crippen molar-refractivity contribution in [3.63, 3.8) is 0 Å². The van der Waals surface area contributed by atoms with Crippen molar-refractivity contribution in [3.8, 4) is 0 Å². The third-order valence-electron chi connectivity index (χ3n) is 2.61. The molecule has 0 atom stereocenters. The largest absolute Gasteiger partial charge is 0.478 e. The van der Waals surface area contributed by atoms with E-state index in [0.717, 1.165) is 4.68 Å². The maximum absolute atomic E-state index is 11.2. The van der Waals surface area contributed by atoms with E-state index in [4.69, 9.17) is 5.11 Å². The third kappa shape index (κ3) is 1.75.